The van der Waals surface area contributed by atoms with Gasteiger partial charge < -0.3 is 19.6 Å². The molecular weight excluding hydrogens is 304 g/mol. The number of aliphatic hydroxyl groups is 1. The van der Waals surface area contributed by atoms with Gasteiger partial charge in [-0.2, -0.15) is 0 Å². The van der Waals surface area contributed by atoms with E-state index in [2.05, 4.69) is 23.1 Å². The first-order chi connectivity index (χ1) is 11.3. The predicted octanol–water partition coefficient (Wildman–Crippen LogP) is 2.81. The van der Waals surface area contributed by atoms with Crippen molar-refractivity contribution in [1.82, 2.24) is 4.90 Å². The fraction of sp³-hybridized carbons (Fsp3) is 0.632. The summed E-state index contributed by atoms with van der Waals surface area (Å²) in [6, 6.07) is 8.40. The number of likely N-dealkylation sites (tertiary alicyclic amines) is 1. The van der Waals surface area contributed by atoms with Crippen LogP contribution in [-0.2, 0) is 11.2 Å². The summed E-state index contributed by atoms with van der Waals surface area (Å²) in [7, 11) is 0. The molecule has 0 saturated carbocycles. The minimum absolute atomic E-state index is 0.281. The predicted molar refractivity (Wildman–Crippen MR) is 94.3 cm³/mol. The average molecular weight is 332 g/mol. The van der Waals surface area contributed by atoms with E-state index in [4.69, 9.17) is 4.74 Å². The van der Waals surface area contributed by atoms with E-state index in [9.17, 15) is 9.90 Å². The quantitative estimate of drug-likeness (QED) is 0.905. The molecule has 0 aliphatic carbocycles. The number of para-hydroxylation sites is 1. The molecule has 1 amide bonds. The Morgan fingerprint density at radius 3 is 2.54 bits per heavy atom. The van der Waals surface area contributed by atoms with Crippen LogP contribution in [0.3, 0.4) is 0 Å². The number of carbonyl (C=O) groups is 1. The molecule has 1 N–H and O–H groups in total. The van der Waals surface area contributed by atoms with Crippen LogP contribution in [-0.4, -0.2) is 53.5 Å². The van der Waals surface area contributed by atoms with Gasteiger partial charge in [0.1, 0.15) is 5.60 Å². The molecule has 2 aliphatic rings. The monoisotopic (exact) mass is 332 g/mol. The average Bonchev–Trinajstić information content (AvgIpc) is 2.89. The second-order valence-electron chi connectivity index (χ2n) is 7.99. The third-order valence-corrected chi connectivity index (χ3v) is 4.81. The summed E-state index contributed by atoms with van der Waals surface area (Å²) in [4.78, 5) is 16.1. The number of hydrogen-bond donors (Lipinski definition) is 1. The minimum Gasteiger partial charge on any atom is -0.444 e. The van der Waals surface area contributed by atoms with Gasteiger partial charge in [-0.15, -0.1) is 0 Å². The Hall–Kier alpha value is -1.75. The molecular formula is C19H28N2O3. The zero-order chi connectivity index (χ0) is 17.4. The summed E-state index contributed by atoms with van der Waals surface area (Å²) in [5, 5.41) is 11.0. The van der Waals surface area contributed by atoms with Crippen LogP contribution in [0.4, 0.5) is 10.5 Å². The van der Waals surface area contributed by atoms with Crippen molar-refractivity contribution >= 4 is 11.8 Å². The smallest absolute Gasteiger partial charge is 0.410 e. The van der Waals surface area contributed by atoms with Crippen LogP contribution in [0.5, 0.6) is 0 Å². The van der Waals surface area contributed by atoms with Crippen molar-refractivity contribution in [3.05, 3.63) is 29.8 Å². The van der Waals surface area contributed by atoms with Gasteiger partial charge in [-0.3, -0.25) is 0 Å². The molecule has 2 heterocycles. The summed E-state index contributed by atoms with van der Waals surface area (Å²) >= 11 is 0. The van der Waals surface area contributed by atoms with E-state index in [-0.39, 0.29) is 6.09 Å². The Morgan fingerprint density at radius 1 is 1.21 bits per heavy atom. The largest absolute Gasteiger partial charge is 0.444 e. The molecule has 0 unspecified atom stereocenters. The van der Waals surface area contributed by atoms with Crippen LogP contribution in [0.1, 0.15) is 39.2 Å². The number of β-amino-alcohol motifs (C(OH)–C–C–N with tert-alkyl or cyclic N) is 1. The first-order valence-electron chi connectivity index (χ1n) is 8.79. The van der Waals surface area contributed by atoms with Gasteiger partial charge in [0.05, 0.1) is 5.60 Å². The molecule has 5 heteroatoms. The molecule has 1 fully saturated rings. The molecule has 0 spiro atoms. The van der Waals surface area contributed by atoms with Crippen LogP contribution in [0.2, 0.25) is 0 Å². The molecule has 24 heavy (non-hydrogen) atoms. The number of hydrogen-bond acceptors (Lipinski definition) is 4. The Morgan fingerprint density at radius 2 is 1.88 bits per heavy atom. The van der Waals surface area contributed by atoms with Crippen molar-refractivity contribution in [2.24, 2.45) is 0 Å². The highest BCUT2D eigenvalue weighted by Crippen LogP contribution is 2.32. The maximum atomic E-state index is 12.1. The second kappa shape index (κ2) is 6.28. The van der Waals surface area contributed by atoms with E-state index in [0.29, 0.717) is 32.5 Å². The van der Waals surface area contributed by atoms with Gasteiger partial charge in [-0.1, -0.05) is 18.2 Å². The number of benzene rings is 1. The van der Waals surface area contributed by atoms with E-state index >= 15 is 0 Å². The first-order valence-corrected chi connectivity index (χ1v) is 8.79. The molecule has 0 atom stereocenters. The van der Waals surface area contributed by atoms with Gasteiger partial charge in [0.25, 0.3) is 0 Å². The summed E-state index contributed by atoms with van der Waals surface area (Å²) < 4.78 is 5.42. The van der Waals surface area contributed by atoms with Gasteiger partial charge in [-0.25, -0.2) is 4.79 Å². The fourth-order valence-corrected chi connectivity index (χ4v) is 3.52. The lowest BCUT2D eigenvalue weighted by Gasteiger charge is -2.41. The number of nitrogens with zero attached hydrogens (tertiary/aromatic N) is 2. The number of rotatable bonds is 2. The van der Waals surface area contributed by atoms with Crippen molar-refractivity contribution in [1.29, 1.82) is 0 Å². The van der Waals surface area contributed by atoms with Crippen LogP contribution in [0.15, 0.2) is 24.3 Å². The third-order valence-electron chi connectivity index (χ3n) is 4.81. The number of fused-ring (bicyclic) bond motifs is 1. The Bertz CT molecular complexity index is 601. The normalized spacial score (nSPS) is 20.0. The molecule has 0 aromatic heterocycles. The summed E-state index contributed by atoms with van der Waals surface area (Å²) in [6.45, 7) is 8.29. The Balaban J connectivity index is 1.57. The molecule has 2 aliphatic heterocycles. The van der Waals surface area contributed by atoms with Crippen LogP contribution >= 0.6 is 0 Å². The molecule has 132 valence electrons. The number of amides is 1. The summed E-state index contributed by atoms with van der Waals surface area (Å²) in [5.74, 6) is 0. The third kappa shape index (κ3) is 3.83. The van der Waals surface area contributed by atoms with Gasteiger partial charge in [0.15, 0.2) is 0 Å². The van der Waals surface area contributed by atoms with E-state index in [1.165, 1.54) is 11.3 Å². The SMILES string of the molecule is CC(C)(C)OC(=O)N1CCC(O)(CN2CCc3ccccc32)CC1. The lowest BCUT2D eigenvalue weighted by molar-refractivity contribution is -0.0273. The lowest BCUT2D eigenvalue weighted by atomic mass is 9.91. The Labute approximate surface area is 144 Å². The maximum absolute atomic E-state index is 12.1. The van der Waals surface area contributed by atoms with Crippen molar-refractivity contribution in [3.63, 3.8) is 0 Å². The van der Waals surface area contributed by atoms with Crippen molar-refractivity contribution in [2.75, 3.05) is 31.1 Å². The van der Waals surface area contributed by atoms with Crippen LogP contribution in [0, 0.1) is 0 Å². The molecule has 0 radical (unpaired) electrons. The fourth-order valence-electron chi connectivity index (χ4n) is 3.52. The van der Waals surface area contributed by atoms with E-state index in [1.807, 2.05) is 26.8 Å². The van der Waals surface area contributed by atoms with Crippen LogP contribution < -0.4 is 4.90 Å². The topological polar surface area (TPSA) is 53.0 Å². The van der Waals surface area contributed by atoms with Crippen molar-refractivity contribution in [2.45, 2.75) is 51.2 Å². The molecule has 1 saturated heterocycles. The van der Waals surface area contributed by atoms with Gasteiger partial charge in [0.2, 0.25) is 0 Å². The highest BCUT2D eigenvalue weighted by atomic mass is 16.6. The number of carbonyl (C=O) groups excluding carboxylic acids is 1. The van der Waals surface area contributed by atoms with Crippen LogP contribution in [0.25, 0.3) is 0 Å². The van der Waals surface area contributed by atoms with E-state index in [0.717, 1.165) is 13.0 Å². The van der Waals surface area contributed by atoms with E-state index in [1.54, 1.807) is 4.90 Å². The molecule has 1 aromatic carbocycles. The molecule has 5 nitrogen and oxygen atoms in total. The Kier molecular flexibility index (Phi) is 4.47. The van der Waals surface area contributed by atoms with Gasteiger partial charge >= 0.3 is 6.09 Å². The maximum Gasteiger partial charge on any atom is 0.410 e. The first kappa shape index (κ1) is 17.1. The van der Waals surface area contributed by atoms with E-state index < -0.39 is 11.2 Å². The highest BCUT2D eigenvalue weighted by Gasteiger charge is 2.37. The molecule has 1 aromatic rings. The number of ether oxygens (including phenoxy) is 1. The summed E-state index contributed by atoms with van der Waals surface area (Å²) in [6.07, 6.45) is 1.93. The van der Waals surface area contributed by atoms with Crippen molar-refractivity contribution in [3.8, 4) is 0 Å². The zero-order valence-corrected chi connectivity index (χ0v) is 14.9. The zero-order valence-electron chi connectivity index (χ0n) is 14.9. The molecule has 0 bridgehead atoms. The standard InChI is InChI=1S/C19H28N2O3/c1-18(2,3)24-17(22)20-12-9-19(23,10-13-20)14-21-11-8-15-6-4-5-7-16(15)21/h4-7,23H,8-14H2,1-3H3. The number of piperidine rings is 1. The second-order valence-corrected chi connectivity index (χ2v) is 7.99. The lowest BCUT2D eigenvalue weighted by Crippen LogP contribution is -2.52. The number of anilines is 1. The van der Waals surface area contributed by atoms with Gasteiger partial charge in [0, 0.05) is 31.9 Å². The van der Waals surface area contributed by atoms with Crippen molar-refractivity contribution < 1.29 is 14.6 Å². The van der Waals surface area contributed by atoms with Gasteiger partial charge in [-0.05, 0) is 51.7 Å². The molecule has 3 rings (SSSR count). The highest BCUT2D eigenvalue weighted by molar-refractivity contribution is 5.68. The summed E-state index contributed by atoms with van der Waals surface area (Å²) in [5.41, 5.74) is 1.37. The minimum atomic E-state index is -0.740.